The molecule has 2 fully saturated rings. The summed E-state index contributed by atoms with van der Waals surface area (Å²) in [5, 5.41) is 5.49. The number of urea groups is 1. The van der Waals surface area contributed by atoms with E-state index in [0.717, 1.165) is 29.7 Å². The van der Waals surface area contributed by atoms with E-state index in [4.69, 9.17) is 0 Å². The van der Waals surface area contributed by atoms with Crippen LogP contribution in [0.1, 0.15) is 37.7 Å². The maximum absolute atomic E-state index is 13.3. The van der Waals surface area contributed by atoms with Crippen LogP contribution in [0.25, 0.3) is 0 Å². The zero-order valence-corrected chi connectivity index (χ0v) is 19.6. The van der Waals surface area contributed by atoms with Crippen molar-refractivity contribution in [3.05, 3.63) is 66.0 Å². The van der Waals surface area contributed by atoms with Crippen molar-refractivity contribution in [3.8, 4) is 0 Å². The Balaban J connectivity index is 1.48. The number of hydrogen-bond donors (Lipinski definition) is 2. The maximum atomic E-state index is 13.3. The summed E-state index contributed by atoms with van der Waals surface area (Å²) < 4.78 is 13.3. The minimum atomic E-state index is -0.954. The smallest absolute Gasteiger partial charge is 0.325 e. The molecule has 1 aliphatic carbocycles. The van der Waals surface area contributed by atoms with Crippen molar-refractivity contribution < 1.29 is 23.6 Å². The Bertz CT molecular complexity index is 1100. The molecular weight excluding hydrogens is 451 g/mol. The van der Waals surface area contributed by atoms with Gasteiger partial charge in [-0.15, -0.1) is 0 Å². The van der Waals surface area contributed by atoms with Crippen molar-refractivity contribution in [3.63, 3.8) is 0 Å². The fourth-order valence-corrected chi connectivity index (χ4v) is 4.77. The van der Waals surface area contributed by atoms with Crippen LogP contribution < -0.4 is 15.5 Å². The number of nitrogens with one attached hydrogen (secondary N) is 2. The molecular formula is C26H29FN4O4. The van der Waals surface area contributed by atoms with Crippen LogP contribution in [-0.4, -0.2) is 53.8 Å². The number of carbonyl (C=O) groups excluding carboxylic acids is 4. The molecule has 35 heavy (non-hydrogen) atoms. The average Bonchev–Trinajstić information content (AvgIpc) is 3.08. The van der Waals surface area contributed by atoms with Crippen LogP contribution in [0.2, 0.25) is 0 Å². The Morgan fingerprint density at radius 1 is 1.06 bits per heavy atom. The van der Waals surface area contributed by atoms with Gasteiger partial charge in [0.05, 0.1) is 0 Å². The van der Waals surface area contributed by atoms with E-state index in [1.165, 1.54) is 29.2 Å². The second-order valence-electron chi connectivity index (χ2n) is 9.15. The molecule has 1 aliphatic heterocycles. The van der Waals surface area contributed by atoms with Crippen LogP contribution in [0, 0.1) is 5.82 Å². The average molecular weight is 481 g/mol. The molecule has 0 bridgehead atoms. The number of amides is 5. The van der Waals surface area contributed by atoms with Gasteiger partial charge in [-0.2, -0.15) is 0 Å². The zero-order chi connectivity index (χ0) is 25.0. The second kappa shape index (κ2) is 10.2. The fourth-order valence-electron chi connectivity index (χ4n) is 4.77. The topological polar surface area (TPSA) is 98.8 Å². The van der Waals surface area contributed by atoms with Gasteiger partial charge in [0.1, 0.15) is 23.9 Å². The van der Waals surface area contributed by atoms with Crippen LogP contribution in [0.3, 0.4) is 0 Å². The van der Waals surface area contributed by atoms with Gasteiger partial charge in [-0.25, -0.2) is 9.18 Å². The predicted octanol–water partition coefficient (Wildman–Crippen LogP) is 2.77. The Hall–Kier alpha value is -3.75. The molecule has 5 amide bonds. The Morgan fingerprint density at radius 3 is 2.37 bits per heavy atom. The van der Waals surface area contributed by atoms with Gasteiger partial charge < -0.3 is 15.5 Å². The number of benzene rings is 2. The third kappa shape index (κ3) is 5.34. The van der Waals surface area contributed by atoms with Gasteiger partial charge in [-0.1, -0.05) is 49.6 Å². The number of anilines is 1. The summed E-state index contributed by atoms with van der Waals surface area (Å²) in [4.78, 5) is 54.1. The van der Waals surface area contributed by atoms with Gasteiger partial charge in [0, 0.05) is 19.2 Å². The third-order valence-corrected chi connectivity index (χ3v) is 6.72. The van der Waals surface area contributed by atoms with E-state index in [2.05, 4.69) is 10.6 Å². The number of halogens is 1. The first kappa shape index (κ1) is 24.4. The van der Waals surface area contributed by atoms with Crippen LogP contribution in [0.5, 0.6) is 0 Å². The maximum Gasteiger partial charge on any atom is 0.325 e. The van der Waals surface area contributed by atoms with E-state index in [-0.39, 0.29) is 12.3 Å². The Morgan fingerprint density at radius 2 is 1.71 bits per heavy atom. The minimum absolute atomic E-state index is 0.209. The molecule has 1 atom stereocenters. The van der Waals surface area contributed by atoms with Crippen molar-refractivity contribution in [2.24, 2.45) is 0 Å². The highest BCUT2D eigenvalue weighted by Crippen LogP contribution is 2.33. The molecule has 9 heteroatoms. The van der Waals surface area contributed by atoms with E-state index >= 15 is 0 Å². The summed E-state index contributed by atoms with van der Waals surface area (Å²) in [5.74, 6) is -1.82. The molecule has 0 radical (unpaired) electrons. The molecule has 2 N–H and O–H groups in total. The highest BCUT2D eigenvalue weighted by Gasteiger charge is 2.51. The normalized spacial score (nSPS) is 17.7. The Kier molecular flexibility index (Phi) is 7.14. The SMILES string of the molecule is CN(C(=O)C(Cc1ccccc1)NC(=O)CN1C(=O)NC2(CCCCC2)C1=O)c1ccc(F)cc1. The van der Waals surface area contributed by atoms with Crippen LogP contribution in [0.4, 0.5) is 14.9 Å². The van der Waals surface area contributed by atoms with Crippen molar-refractivity contribution in [2.45, 2.75) is 50.1 Å². The minimum Gasteiger partial charge on any atom is -0.342 e. The molecule has 2 aromatic carbocycles. The number of imide groups is 1. The summed E-state index contributed by atoms with van der Waals surface area (Å²) in [6.07, 6.45) is 4.03. The Labute approximate surface area is 203 Å². The van der Waals surface area contributed by atoms with Gasteiger partial charge in [0.15, 0.2) is 0 Å². The molecule has 2 aliphatic rings. The summed E-state index contributed by atoms with van der Waals surface area (Å²) in [5.41, 5.74) is 0.379. The van der Waals surface area contributed by atoms with E-state index in [1.807, 2.05) is 30.3 Å². The van der Waals surface area contributed by atoms with E-state index in [0.29, 0.717) is 18.5 Å². The summed E-state index contributed by atoms with van der Waals surface area (Å²) in [7, 11) is 1.55. The van der Waals surface area contributed by atoms with Crippen molar-refractivity contribution in [2.75, 3.05) is 18.5 Å². The van der Waals surface area contributed by atoms with Crippen LogP contribution in [-0.2, 0) is 20.8 Å². The molecule has 1 unspecified atom stereocenters. The van der Waals surface area contributed by atoms with Crippen LogP contribution in [0.15, 0.2) is 54.6 Å². The molecule has 1 heterocycles. The summed E-state index contributed by atoms with van der Waals surface area (Å²) in [6, 6.07) is 13.1. The van der Waals surface area contributed by atoms with E-state index in [1.54, 1.807) is 7.05 Å². The van der Waals surface area contributed by atoms with Gasteiger partial charge >= 0.3 is 6.03 Å². The molecule has 0 aromatic heterocycles. The monoisotopic (exact) mass is 480 g/mol. The molecule has 1 saturated heterocycles. The number of rotatable bonds is 7. The standard InChI is InChI=1S/C26H29FN4O4/c1-30(20-12-10-19(27)11-13-20)23(33)21(16-18-8-4-2-5-9-18)28-22(32)17-31-24(34)26(29-25(31)35)14-6-3-7-15-26/h2,4-5,8-13,21H,3,6-7,14-17H2,1H3,(H,28,32)(H,29,35). The third-order valence-electron chi connectivity index (χ3n) is 6.72. The fraction of sp³-hybridized carbons (Fsp3) is 0.385. The zero-order valence-electron chi connectivity index (χ0n) is 19.6. The van der Waals surface area contributed by atoms with Gasteiger partial charge in [-0.3, -0.25) is 19.3 Å². The summed E-state index contributed by atoms with van der Waals surface area (Å²) >= 11 is 0. The first-order valence-corrected chi connectivity index (χ1v) is 11.8. The predicted molar refractivity (Wildman–Crippen MR) is 128 cm³/mol. The highest BCUT2D eigenvalue weighted by molar-refractivity contribution is 6.09. The molecule has 1 saturated carbocycles. The van der Waals surface area contributed by atoms with Crippen LogP contribution >= 0.6 is 0 Å². The van der Waals surface area contributed by atoms with Crippen molar-refractivity contribution in [1.82, 2.24) is 15.5 Å². The largest absolute Gasteiger partial charge is 0.342 e. The number of hydrogen-bond acceptors (Lipinski definition) is 4. The first-order valence-electron chi connectivity index (χ1n) is 11.8. The number of nitrogens with zero attached hydrogens (tertiary/aromatic N) is 2. The molecule has 1 spiro atoms. The van der Waals surface area contributed by atoms with E-state index < -0.39 is 41.8 Å². The van der Waals surface area contributed by atoms with E-state index in [9.17, 15) is 23.6 Å². The number of likely N-dealkylation sites (N-methyl/N-ethyl adjacent to an activating group) is 1. The number of carbonyl (C=O) groups is 4. The first-order chi connectivity index (χ1) is 16.8. The molecule has 184 valence electrons. The lowest BCUT2D eigenvalue weighted by molar-refractivity contribution is -0.136. The van der Waals surface area contributed by atoms with Gasteiger partial charge in [0.25, 0.3) is 5.91 Å². The van der Waals surface area contributed by atoms with Crippen molar-refractivity contribution >= 4 is 29.4 Å². The quantitative estimate of drug-likeness (QED) is 0.596. The summed E-state index contributed by atoms with van der Waals surface area (Å²) in [6.45, 7) is -0.467. The molecule has 2 aromatic rings. The molecule has 8 nitrogen and oxygen atoms in total. The highest BCUT2D eigenvalue weighted by atomic mass is 19.1. The van der Waals surface area contributed by atoms with Gasteiger partial charge in [-0.05, 0) is 42.7 Å². The second-order valence-corrected chi connectivity index (χ2v) is 9.15. The van der Waals surface area contributed by atoms with Gasteiger partial charge in [0.2, 0.25) is 11.8 Å². The molecule has 4 rings (SSSR count). The van der Waals surface area contributed by atoms with Crippen molar-refractivity contribution in [1.29, 1.82) is 0 Å². The lowest BCUT2D eigenvalue weighted by atomic mass is 9.82. The lowest BCUT2D eigenvalue weighted by Crippen LogP contribution is -2.52. The lowest BCUT2D eigenvalue weighted by Gasteiger charge is -2.30.